The van der Waals surface area contributed by atoms with Gasteiger partial charge >= 0.3 is 6.01 Å². The Balaban J connectivity index is 0.000000212. The molecule has 0 amide bonds. The molecule has 10 nitrogen and oxygen atoms in total. The van der Waals surface area contributed by atoms with Crippen LogP contribution in [0.4, 0.5) is 14.6 Å². The highest BCUT2D eigenvalue weighted by Crippen LogP contribution is 2.52. The zero-order chi connectivity index (χ0) is 52.7. The summed E-state index contributed by atoms with van der Waals surface area (Å²) in [7, 11) is 1.00. The van der Waals surface area contributed by atoms with Gasteiger partial charge in [0.1, 0.15) is 29.6 Å². The number of pyridine rings is 1. The Bertz CT molecular complexity index is 2700. The summed E-state index contributed by atoms with van der Waals surface area (Å²) < 4.78 is 38.3. The van der Waals surface area contributed by atoms with Crippen LogP contribution in [0.2, 0.25) is 0 Å². The van der Waals surface area contributed by atoms with Gasteiger partial charge in [-0.05, 0) is 211 Å². The number of likely N-dealkylation sites (tertiary alicyclic amines) is 3. The third-order valence-electron chi connectivity index (χ3n) is 17.9. The molecule has 2 aliphatic carbocycles. The van der Waals surface area contributed by atoms with E-state index in [9.17, 15) is 0 Å². The fourth-order valence-electron chi connectivity index (χ4n) is 12.9. The van der Waals surface area contributed by atoms with E-state index >= 15 is 8.78 Å². The fourth-order valence-corrected chi connectivity index (χ4v) is 12.9. The number of halogens is 2. The first kappa shape index (κ1) is 55.2. The van der Waals surface area contributed by atoms with Gasteiger partial charge in [-0.25, -0.2) is 8.78 Å². The predicted octanol–water partition coefficient (Wildman–Crippen LogP) is 12.4. The maximum absolute atomic E-state index is 16.9. The molecule has 1 spiro atoms. The van der Waals surface area contributed by atoms with Crippen molar-refractivity contribution >= 4 is 34.3 Å². The number of aliphatic hydroxyl groups is 1. The second-order valence-electron chi connectivity index (χ2n) is 23.2. The second-order valence-corrected chi connectivity index (χ2v) is 23.2. The van der Waals surface area contributed by atoms with Gasteiger partial charge in [-0.2, -0.15) is 9.97 Å². The van der Waals surface area contributed by atoms with Crippen LogP contribution in [-0.4, -0.2) is 120 Å². The monoisotopic (exact) mass is 1010 g/mol. The molecule has 1 atom stereocenters. The molecule has 4 aliphatic heterocycles. The van der Waals surface area contributed by atoms with E-state index in [4.69, 9.17) is 29.6 Å². The first-order valence-corrected chi connectivity index (χ1v) is 27.9. The lowest BCUT2D eigenvalue weighted by Gasteiger charge is -2.56. The molecule has 3 aromatic carbocycles. The highest BCUT2D eigenvalue weighted by molar-refractivity contribution is 6.01. The molecule has 1 N–H and O–H groups in total. The van der Waals surface area contributed by atoms with E-state index in [1.165, 1.54) is 94.7 Å². The number of rotatable bonds is 11. The molecular formula is C62H85F2N7O3. The van der Waals surface area contributed by atoms with E-state index in [0.717, 1.165) is 94.3 Å². The molecule has 11 rings (SSSR count). The zero-order valence-electron chi connectivity index (χ0n) is 45.8. The molecule has 74 heavy (non-hydrogen) atoms. The molecule has 2 saturated carbocycles. The minimum absolute atomic E-state index is 0.113. The van der Waals surface area contributed by atoms with Gasteiger partial charge in [0.25, 0.3) is 0 Å². The van der Waals surface area contributed by atoms with Crippen molar-refractivity contribution in [1.29, 1.82) is 0 Å². The predicted molar refractivity (Wildman–Crippen MR) is 298 cm³/mol. The van der Waals surface area contributed by atoms with Crippen molar-refractivity contribution in [2.24, 2.45) is 22.7 Å². The zero-order valence-corrected chi connectivity index (χ0v) is 45.8. The third-order valence-corrected chi connectivity index (χ3v) is 17.9. The second kappa shape index (κ2) is 24.3. The number of hydrogen-bond donors (Lipinski definition) is 1. The van der Waals surface area contributed by atoms with Crippen molar-refractivity contribution in [3.8, 4) is 17.3 Å². The maximum atomic E-state index is 16.9. The van der Waals surface area contributed by atoms with Crippen LogP contribution in [-0.2, 0) is 11.2 Å². The number of aryl methyl sites for hydroxylation is 4. The van der Waals surface area contributed by atoms with Crippen LogP contribution < -0.4 is 9.64 Å². The number of aliphatic hydroxyl groups excluding tert-OH is 1. The maximum Gasteiger partial charge on any atom is 0.319 e. The summed E-state index contributed by atoms with van der Waals surface area (Å²) in [6, 6.07) is 15.4. The molecule has 6 fully saturated rings. The number of aromatic nitrogens is 3. The third kappa shape index (κ3) is 12.3. The van der Waals surface area contributed by atoms with Gasteiger partial charge in [0.15, 0.2) is 5.82 Å². The summed E-state index contributed by atoms with van der Waals surface area (Å²) in [4.78, 5) is 32.4. The smallest absolute Gasteiger partial charge is 0.319 e. The minimum Gasteiger partial charge on any atom is -0.463 e. The summed E-state index contributed by atoms with van der Waals surface area (Å²) in [6.45, 7) is 29.5. The molecule has 12 heteroatoms. The fraction of sp³-hybridized carbons (Fsp3) is 0.581. The van der Waals surface area contributed by atoms with Gasteiger partial charge in [0.05, 0.1) is 12.0 Å². The molecule has 4 saturated heterocycles. The number of piperidine rings is 4. The Labute approximate surface area is 441 Å². The van der Waals surface area contributed by atoms with Crippen molar-refractivity contribution < 1.29 is 23.4 Å². The number of hydrogen-bond acceptors (Lipinski definition) is 10. The lowest BCUT2D eigenvalue weighted by atomic mass is 9.59. The molecule has 0 radical (unpaired) electrons. The van der Waals surface area contributed by atoms with E-state index in [-0.39, 0.29) is 28.5 Å². The Morgan fingerprint density at radius 3 is 2.19 bits per heavy atom. The lowest BCUT2D eigenvalue weighted by Crippen LogP contribution is -2.55. The molecule has 2 aromatic heterocycles. The van der Waals surface area contributed by atoms with Crippen LogP contribution in [0.1, 0.15) is 132 Å². The molecule has 6 aliphatic rings. The number of fused-ring (bicyclic) bond motifs is 2. The standard InChI is InChI=1S/C37H45F2N5O.C23H34N2.CH4O.CH2O/c1-5-27-30(38)9-8-26-17-25(4)18-28(31(26)27)33-32(39)34-29(19-40-33)35(44-14-6-7-24(3)20-44)42-36(41-34)45-22-37(12-13-37)21-43-15-10-23(2)11-16-43;1-4-24-13-9-23(10-14-24)16-22(17-23)25-11-7-20(8-12-25)21-6-5-18(2)19(3)15-21;2*1-2/h8-9,17-19,23-24H,5-7,10-16,20-22H2,1-4H3;4-6,15,20,22H,1,7-14,16-17H2,2-3H3;2H,1H3;1H2/t24-;;;/m0.../s1. The quantitative estimate of drug-likeness (QED) is 0.138. The molecule has 5 aromatic rings. The van der Waals surface area contributed by atoms with E-state index in [0.29, 0.717) is 52.1 Å². The largest absolute Gasteiger partial charge is 0.463 e. The van der Waals surface area contributed by atoms with E-state index in [1.807, 2.05) is 39.0 Å². The molecule has 0 bridgehead atoms. The lowest BCUT2D eigenvalue weighted by molar-refractivity contribution is -0.0980. The Morgan fingerprint density at radius 1 is 0.824 bits per heavy atom. The Kier molecular flexibility index (Phi) is 18.1. The number of nitrogens with zero attached hydrogens (tertiary/aromatic N) is 7. The van der Waals surface area contributed by atoms with Gasteiger partial charge in [0.2, 0.25) is 0 Å². The van der Waals surface area contributed by atoms with Crippen LogP contribution in [0.5, 0.6) is 6.01 Å². The SMILES string of the molecule is C=CN1CCC2(CC1)CC(N1CCC(c3ccc(C)c(C)c3)CC1)C2.C=O.CCc1c(F)ccc2cc(C)cc(-c3ncc4c(N5CCC[C@H](C)C5)nc(OCC5(CN6CCC(C)CC6)CC5)nc4c3F)c12.CO. The number of carbonyl (C=O) groups excluding carboxylic acids is 1. The van der Waals surface area contributed by atoms with Gasteiger partial charge in [-0.1, -0.05) is 57.7 Å². The van der Waals surface area contributed by atoms with Crippen molar-refractivity contribution in [2.75, 3.05) is 77.5 Å². The van der Waals surface area contributed by atoms with E-state index < -0.39 is 5.82 Å². The summed E-state index contributed by atoms with van der Waals surface area (Å²) in [6.07, 6.45) is 19.5. The number of carbonyl (C=O) groups is 1. The highest BCUT2D eigenvalue weighted by Gasteiger charge is 2.48. The van der Waals surface area contributed by atoms with Gasteiger partial charge in [-0.3, -0.25) is 4.98 Å². The first-order valence-electron chi connectivity index (χ1n) is 27.9. The van der Waals surface area contributed by atoms with Crippen LogP contribution >= 0.6 is 0 Å². The van der Waals surface area contributed by atoms with Gasteiger partial charge in [-0.15, -0.1) is 0 Å². The summed E-state index contributed by atoms with van der Waals surface area (Å²) >= 11 is 0. The van der Waals surface area contributed by atoms with Crippen molar-refractivity contribution in [3.63, 3.8) is 0 Å². The van der Waals surface area contributed by atoms with Crippen LogP contribution in [0.3, 0.4) is 0 Å². The first-order chi connectivity index (χ1) is 35.8. The number of benzene rings is 3. The van der Waals surface area contributed by atoms with Crippen molar-refractivity contribution in [1.82, 2.24) is 29.7 Å². The molecule has 6 heterocycles. The van der Waals surface area contributed by atoms with Gasteiger partial charge < -0.3 is 34.2 Å². The van der Waals surface area contributed by atoms with Gasteiger partial charge in [0, 0.05) is 63.1 Å². The summed E-state index contributed by atoms with van der Waals surface area (Å²) in [5.74, 6) is 1.96. The van der Waals surface area contributed by atoms with Crippen molar-refractivity contribution in [3.05, 3.63) is 101 Å². The van der Waals surface area contributed by atoms with Crippen molar-refractivity contribution in [2.45, 2.75) is 137 Å². The average molecular weight is 1010 g/mol. The number of ether oxygens (including phenoxy) is 1. The van der Waals surface area contributed by atoms with E-state index in [2.05, 4.69) is 72.1 Å². The molecular weight excluding hydrogens is 929 g/mol. The number of anilines is 1. The Morgan fingerprint density at radius 2 is 1.54 bits per heavy atom. The molecule has 0 unspecified atom stereocenters. The Hall–Kier alpha value is -5.04. The van der Waals surface area contributed by atoms with Crippen LogP contribution in [0.15, 0.2) is 61.4 Å². The van der Waals surface area contributed by atoms with Crippen LogP contribution in [0.25, 0.3) is 32.9 Å². The normalized spacial score (nSPS) is 21.2. The van der Waals surface area contributed by atoms with E-state index in [1.54, 1.807) is 17.8 Å². The highest BCUT2D eigenvalue weighted by atomic mass is 19.1. The van der Waals surface area contributed by atoms with Crippen LogP contribution in [0, 0.1) is 55.1 Å². The minimum atomic E-state index is -0.521. The molecule has 400 valence electrons. The summed E-state index contributed by atoms with van der Waals surface area (Å²) in [5, 5.41) is 9.16. The summed E-state index contributed by atoms with van der Waals surface area (Å²) in [5.41, 5.74) is 7.73. The average Bonchev–Trinajstić information content (AvgIpc) is 4.19. The topological polar surface area (TPSA) is 98.2 Å².